The molecule has 0 spiro atoms. The Labute approximate surface area is 184 Å². The van der Waals surface area contributed by atoms with Crippen LogP contribution in [0.15, 0.2) is 59.6 Å². The van der Waals surface area contributed by atoms with E-state index >= 15 is 0 Å². The molecule has 1 aromatic heterocycles. The fourth-order valence-electron chi connectivity index (χ4n) is 4.13. The highest BCUT2D eigenvalue weighted by Gasteiger charge is 2.24. The molecule has 0 radical (unpaired) electrons. The molecule has 0 N–H and O–H groups in total. The zero-order valence-electron chi connectivity index (χ0n) is 18.1. The van der Waals surface area contributed by atoms with Gasteiger partial charge in [-0.1, -0.05) is 55.0 Å². The van der Waals surface area contributed by atoms with Gasteiger partial charge in [-0.2, -0.15) is 0 Å². The van der Waals surface area contributed by atoms with Gasteiger partial charge in [0, 0.05) is 43.3 Å². The van der Waals surface area contributed by atoms with Gasteiger partial charge in [0.05, 0.1) is 10.6 Å². The standard InChI is InChI=1S/C24H29N3O3S/c1-3-25-12-14-26(15-13-25)24(28)17-27-16-23(21-6-4-5-7-22(21)27)31(29,30)18-20-10-8-19(2)9-11-20/h4-11,16H,3,12-15,17-18H2,1-2H3. The summed E-state index contributed by atoms with van der Waals surface area (Å²) >= 11 is 0. The third kappa shape index (κ3) is 4.67. The third-order valence-corrected chi connectivity index (χ3v) is 7.75. The molecule has 6 nitrogen and oxygen atoms in total. The topological polar surface area (TPSA) is 62.6 Å². The fraction of sp³-hybridized carbons (Fsp3) is 0.375. The number of hydrogen-bond acceptors (Lipinski definition) is 4. The molecule has 164 valence electrons. The highest BCUT2D eigenvalue weighted by molar-refractivity contribution is 7.90. The van der Waals surface area contributed by atoms with Crippen molar-refractivity contribution in [2.45, 2.75) is 31.0 Å². The molecular formula is C24H29N3O3S. The number of rotatable bonds is 6. The number of carbonyl (C=O) groups excluding carboxylic acids is 1. The van der Waals surface area contributed by atoms with Gasteiger partial charge in [0.2, 0.25) is 5.91 Å². The summed E-state index contributed by atoms with van der Waals surface area (Å²) in [7, 11) is -3.56. The Morgan fingerprint density at radius 2 is 1.65 bits per heavy atom. The zero-order valence-corrected chi connectivity index (χ0v) is 18.9. The Balaban J connectivity index is 1.60. The Morgan fingerprint density at radius 3 is 2.32 bits per heavy atom. The summed E-state index contributed by atoms with van der Waals surface area (Å²) in [5.74, 6) is -0.0345. The number of nitrogens with zero attached hydrogens (tertiary/aromatic N) is 3. The van der Waals surface area contributed by atoms with E-state index in [0.717, 1.165) is 36.3 Å². The number of fused-ring (bicyclic) bond motifs is 1. The van der Waals surface area contributed by atoms with Gasteiger partial charge < -0.3 is 14.4 Å². The van der Waals surface area contributed by atoms with E-state index in [4.69, 9.17) is 0 Å². The lowest BCUT2D eigenvalue weighted by atomic mass is 10.2. The minimum absolute atomic E-state index is 0.0268. The molecule has 1 saturated heterocycles. The Morgan fingerprint density at radius 1 is 0.968 bits per heavy atom. The van der Waals surface area contributed by atoms with Crippen LogP contribution in [0.4, 0.5) is 0 Å². The molecule has 0 saturated carbocycles. The second-order valence-corrected chi connectivity index (χ2v) is 10.2. The zero-order chi connectivity index (χ0) is 22.0. The van der Waals surface area contributed by atoms with Gasteiger partial charge in [-0.25, -0.2) is 8.42 Å². The summed E-state index contributed by atoms with van der Waals surface area (Å²) in [5.41, 5.74) is 2.62. The van der Waals surface area contributed by atoms with Crippen molar-refractivity contribution in [3.05, 3.63) is 65.9 Å². The molecular weight excluding hydrogens is 410 g/mol. The molecule has 0 bridgehead atoms. The van der Waals surface area contributed by atoms with Crippen molar-refractivity contribution in [3.8, 4) is 0 Å². The summed E-state index contributed by atoms with van der Waals surface area (Å²) < 4.78 is 28.3. The number of aromatic nitrogens is 1. The quantitative estimate of drug-likeness (QED) is 0.592. The van der Waals surface area contributed by atoms with Crippen LogP contribution < -0.4 is 0 Å². The first-order valence-corrected chi connectivity index (χ1v) is 12.4. The lowest BCUT2D eigenvalue weighted by molar-refractivity contribution is -0.133. The molecule has 0 aliphatic carbocycles. The minimum atomic E-state index is -3.56. The molecule has 1 aliphatic heterocycles. The van der Waals surface area contributed by atoms with E-state index in [0.29, 0.717) is 18.5 Å². The predicted octanol–water partition coefficient (Wildman–Crippen LogP) is 3.09. The van der Waals surface area contributed by atoms with E-state index in [-0.39, 0.29) is 23.1 Å². The number of hydrogen-bond donors (Lipinski definition) is 0. The second-order valence-electron chi connectivity index (χ2n) is 8.20. The van der Waals surface area contributed by atoms with Crippen LogP contribution in [-0.2, 0) is 26.9 Å². The van der Waals surface area contributed by atoms with E-state index in [2.05, 4.69) is 11.8 Å². The van der Waals surface area contributed by atoms with Crippen molar-refractivity contribution >= 4 is 26.6 Å². The average molecular weight is 440 g/mol. The number of carbonyl (C=O) groups is 1. The fourth-order valence-corrected chi connectivity index (χ4v) is 5.71. The van der Waals surface area contributed by atoms with E-state index in [1.165, 1.54) is 0 Å². The van der Waals surface area contributed by atoms with Crippen LogP contribution in [0.3, 0.4) is 0 Å². The highest BCUT2D eigenvalue weighted by atomic mass is 32.2. The molecule has 2 aromatic carbocycles. The molecule has 0 unspecified atom stereocenters. The SMILES string of the molecule is CCN1CCN(C(=O)Cn2cc(S(=O)(=O)Cc3ccc(C)cc3)c3ccccc32)CC1. The normalized spacial score (nSPS) is 15.5. The van der Waals surface area contributed by atoms with Crippen molar-refractivity contribution in [2.24, 2.45) is 0 Å². The first-order valence-electron chi connectivity index (χ1n) is 10.7. The number of aryl methyl sites for hydroxylation is 1. The second kappa shape index (κ2) is 8.85. The Bertz CT molecular complexity index is 1170. The first-order chi connectivity index (χ1) is 14.9. The molecule has 1 amide bonds. The molecule has 1 fully saturated rings. The van der Waals surface area contributed by atoms with Crippen molar-refractivity contribution in [1.82, 2.24) is 14.4 Å². The molecule has 1 aliphatic rings. The lowest BCUT2D eigenvalue weighted by Gasteiger charge is -2.34. The first kappa shape index (κ1) is 21.6. The summed E-state index contributed by atoms with van der Waals surface area (Å²) in [6.07, 6.45) is 1.63. The smallest absolute Gasteiger partial charge is 0.242 e. The highest BCUT2D eigenvalue weighted by Crippen LogP contribution is 2.28. The van der Waals surface area contributed by atoms with Crippen LogP contribution in [0.2, 0.25) is 0 Å². The molecule has 7 heteroatoms. The van der Waals surface area contributed by atoms with Gasteiger partial charge in [0.1, 0.15) is 6.54 Å². The minimum Gasteiger partial charge on any atom is -0.339 e. The maximum absolute atomic E-state index is 13.3. The van der Waals surface area contributed by atoms with Gasteiger partial charge >= 0.3 is 0 Å². The van der Waals surface area contributed by atoms with E-state index in [1.54, 1.807) is 10.8 Å². The van der Waals surface area contributed by atoms with Crippen molar-refractivity contribution in [2.75, 3.05) is 32.7 Å². The average Bonchev–Trinajstić information content (AvgIpc) is 3.15. The maximum atomic E-state index is 13.3. The number of benzene rings is 2. The number of piperazine rings is 1. The van der Waals surface area contributed by atoms with Crippen molar-refractivity contribution in [1.29, 1.82) is 0 Å². The van der Waals surface area contributed by atoms with Crippen LogP contribution in [0.5, 0.6) is 0 Å². The number of sulfone groups is 1. The third-order valence-electron chi connectivity index (χ3n) is 6.04. The van der Waals surface area contributed by atoms with Crippen LogP contribution in [0, 0.1) is 6.92 Å². The predicted molar refractivity (Wildman–Crippen MR) is 123 cm³/mol. The van der Waals surface area contributed by atoms with Gasteiger partial charge in [-0.15, -0.1) is 0 Å². The van der Waals surface area contributed by atoms with Crippen LogP contribution >= 0.6 is 0 Å². The van der Waals surface area contributed by atoms with Crippen LogP contribution in [0.1, 0.15) is 18.1 Å². The molecule has 31 heavy (non-hydrogen) atoms. The van der Waals surface area contributed by atoms with Gasteiger partial charge in [-0.05, 0) is 25.1 Å². The molecule has 3 aromatic rings. The summed E-state index contributed by atoms with van der Waals surface area (Å²) in [5, 5.41) is 0.665. The van der Waals surface area contributed by atoms with Crippen LogP contribution in [0.25, 0.3) is 10.9 Å². The summed E-state index contributed by atoms with van der Waals surface area (Å²) in [6.45, 7) is 8.43. The largest absolute Gasteiger partial charge is 0.339 e. The number of para-hydroxylation sites is 1. The van der Waals surface area contributed by atoms with Gasteiger partial charge in [0.15, 0.2) is 9.84 Å². The van der Waals surface area contributed by atoms with Crippen molar-refractivity contribution in [3.63, 3.8) is 0 Å². The Hall–Kier alpha value is -2.64. The van der Waals surface area contributed by atoms with E-state index in [9.17, 15) is 13.2 Å². The lowest BCUT2D eigenvalue weighted by Crippen LogP contribution is -2.49. The van der Waals surface area contributed by atoms with Crippen LogP contribution in [-0.4, -0.2) is 61.4 Å². The monoisotopic (exact) mass is 439 g/mol. The number of likely N-dealkylation sites (N-methyl/N-ethyl adjacent to an activating group) is 1. The molecule has 0 atom stereocenters. The number of amides is 1. The van der Waals surface area contributed by atoms with Gasteiger partial charge in [0.25, 0.3) is 0 Å². The maximum Gasteiger partial charge on any atom is 0.242 e. The van der Waals surface area contributed by atoms with Crippen molar-refractivity contribution < 1.29 is 13.2 Å². The van der Waals surface area contributed by atoms with E-state index in [1.807, 2.05) is 60.4 Å². The molecule has 2 heterocycles. The van der Waals surface area contributed by atoms with Gasteiger partial charge in [-0.3, -0.25) is 4.79 Å². The summed E-state index contributed by atoms with van der Waals surface area (Å²) in [6, 6.07) is 15.0. The molecule has 4 rings (SSSR count). The van der Waals surface area contributed by atoms with E-state index < -0.39 is 9.84 Å². The summed E-state index contributed by atoms with van der Waals surface area (Å²) in [4.78, 5) is 17.4. The Kier molecular flexibility index (Phi) is 6.16.